The van der Waals surface area contributed by atoms with E-state index in [4.69, 9.17) is 0 Å². The molecule has 0 saturated heterocycles. The monoisotopic (exact) mass is 438 g/mol. The lowest BCUT2D eigenvalue weighted by Gasteiger charge is -2.26. The van der Waals surface area contributed by atoms with Crippen LogP contribution < -0.4 is 10.6 Å². The van der Waals surface area contributed by atoms with Crippen LogP contribution in [0.25, 0.3) is 0 Å². The van der Waals surface area contributed by atoms with Crippen molar-refractivity contribution in [3.05, 3.63) is 16.1 Å². The number of halogens is 1. The van der Waals surface area contributed by atoms with Crippen LogP contribution in [-0.4, -0.2) is 24.5 Å². The molecule has 0 spiro atoms. The van der Waals surface area contributed by atoms with E-state index in [2.05, 4.69) is 41.4 Å². The van der Waals surface area contributed by atoms with Crippen molar-refractivity contribution >= 4 is 41.3 Å². The number of guanidine groups is 1. The van der Waals surface area contributed by atoms with E-state index in [1.165, 1.54) is 30.6 Å². The summed E-state index contributed by atoms with van der Waals surface area (Å²) in [7, 11) is 1.82. The summed E-state index contributed by atoms with van der Waals surface area (Å²) >= 11 is 1.72. The first-order valence-electron chi connectivity index (χ1n) is 7.82. The molecule has 0 unspecified atom stereocenters. The fourth-order valence-electron chi connectivity index (χ4n) is 2.14. The van der Waals surface area contributed by atoms with Crippen LogP contribution >= 0.6 is 35.3 Å². The molecular weight excluding hydrogens is 407 g/mol. The van der Waals surface area contributed by atoms with Gasteiger partial charge in [0.15, 0.2) is 5.96 Å². The Morgan fingerprint density at radius 3 is 2.59 bits per heavy atom. The van der Waals surface area contributed by atoms with E-state index in [1.54, 1.807) is 11.3 Å². The summed E-state index contributed by atoms with van der Waals surface area (Å²) in [5, 5.41) is 7.89. The van der Waals surface area contributed by atoms with Crippen molar-refractivity contribution in [3.8, 4) is 0 Å². The maximum Gasteiger partial charge on any atom is 0.191 e. The van der Waals surface area contributed by atoms with Crippen LogP contribution in [-0.2, 0) is 6.54 Å². The number of thiazole rings is 1. The molecule has 128 valence electrons. The van der Waals surface area contributed by atoms with E-state index in [-0.39, 0.29) is 24.0 Å². The fourth-order valence-corrected chi connectivity index (χ4v) is 2.88. The molecule has 0 saturated carbocycles. The molecule has 0 bridgehead atoms. The first kappa shape index (κ1) is 21.6. The third kappa shape index (κ3) is 8.92. The molecule has 1 heterocycles. The normalized spacial score (nSPS) is 12.0. The van der Waals surface area contributed by atoms with Crippen molar-refractivity contribution in [1.29, 1.82) is 0 Å². The molecule has 0 amide bonds. The minimum Gasteiger partial charge on any atom is -0.356 e. The van der Waals surface area contributed by atoms with Gasteiger partial charge in [-0.25, -0.2) is 4.98 Å². The van der Waals surface area contributed by atoms with Crippen molar-refractivity contribution in [2.24, 2.45) is 10.4 Å². The number of nitrogens with one attached hydrogen (secondary N) is 2. The van der Waals surface area contributed by atoms with Gasteiger partial charge >= 0.3 is 0 Å². The topological polar surface area (TPSA) is 49.3 Å². The van der Waals surface area contributed by atoms with E-state index in [0.29, 0.717) is 5.41 Å². The highest BCUT2D eigenvalue weighted by Gasteiger charge is 2.17. The minimum atomic E-state index is 0. The van der Waals surface area contributed by atoms with E-state index in [0.717, 1.165) is 24.1 Å². The van der Waals surface area contributed by atoms with Crippen molar-refractivity contribution in [2.45, 2.75) is 59.9 Å². The molecule has 0 aliphatic rings. The molecule has 0 aromatic carbocycles. The van der Waals surface area contributed by atoms with Gasteiger partial charge in [0.05, 0.1) is 11.6 Å². The van der Waals surface area contributed by atoms with Gasteiger partial charge in [0, 0.05) is 24.7 Å². The number of aryl methyl sites for hydroxylation is 1. The number of aliphatic imine (C=N–C) groups is 1. The van der Waals surface area contributed by atoms with Crippen LogP contribution in [0.3, 0.4) is 0 Å². The summed E-state index contributed by atoms with van der Waals surface area (Å²) in [6.45, 7) is 10.6. The second-order valence-corrected chi connectivity index (χ2v) is 7.57. The average molecular weight is 438 g/mol. The van der Waals surface area contributed by atoms with Crippen LogP contribution in [0.5, 0.6) is 0 Å². The zero-order valence-electron chi connectivity index (χ0n) is 14.5. The zero-order chi connectivity index (χ0) is 15.7. The number of rotatable bonds is 8. The van der Waals surface area contributed by atoms with E-state index in [9.17, 15) is 0 Å². The van der Waals surface area contributed by atoms with Crippen LogP contribution in [0.1, 0.15) is 56.3 Å². The molecule has 1 aromatic rings. The number of unbranched alkanes of at least 4 members (excludes halogenated alkanes) is 2. The average Bonchev–Trinajstić information content (AvgIpc) is 2.85. The van der Waals surface area contributed by atoms with Crippen molar-refractivity contribution in [1.82, 2.24) is 15.6 Å². The highest BCUT2D eigenvalue weighted by Crippen LogP contribution is 2.22. The van der Waals surface area contributed by atoms with Crippen molar-refractivity contribution < 1.29 is 0 Å². The van der Waals surface area contributed by atoms with Crippen LogP contribution in [0.4, 0.5) is 0 Å². The molecule has 6 heteroatoms. The third-order valence-electron chi connectivity index (χ3n) is 3.51. The number of nitrogens with zero attached hydrogens (tertiary/aromatic N) is 2. The molecule has 4 nitrogen and oxygen atoms in total. The van der Waals surface area contributed by atoms with Crippen LogP contribution in [0, 0.1) is 12.3 Å². The SMILES string of the molecule is CCCCCC(C)(C)CNC(=NC)NCc1cnc(C)s1.I. The van der Waals surface area contributed by atoms with Gasteiger partial charge in [0.2, 0.25) is 0 Å². The third-order valence-corrected chi connectivity index (χ3v) is 4.43. The van der Waals surface area contributed by atoms with Gasteiger partial charge in [0.1, 0.15) is 0 Å². The molecular formula is C16H31IN4S. The Morgan fingerprint density at radius 2 is 2.05 bits per heavy atom. The van der Waals surface area contributed by atoms with Gasteiger partial charge in [-0.1, -0.05) is 40.0 Å². The van der Waals surface area contributed by atoms with Crippen molar-refractivity contribution in [3.63, 3.8) is 0 Å². The van der Waals surface area contributed by atoms with Crippen LogP contribution in [0.2, 0.25) is 0 Å². The second kappa shape index (κ2) is 11.2. The quantitative estimate of drug-likeness (QED) is 0.275. The van der Waals surface area contributed by atoms with Crippen LogP contribution in [0.15, 0.2) is 11.2 Å². The Morgan fingerprint density at radius 1 is 1.32 bits per heavy atom. The predicted octanol–water partition coefficient (Wildman–Crippen LogP) is 4.34. The highest BCUT2D eigenvalue weighted by atomic mass is 127. The Bertz CT molecular complexity index is 443. The van der Waals surface area contributed by atoms with E-state index >= 15 is 0 Å². The lowest BCUT2D eigenvalue weighted by atomic mass is 9.87. The zero-order valence-corrected chi connectivity index (χ0v) is 17.7. The standard InChI is InChI=1S/C16H30N4S.HI/c1-6-7-8-9-16(3,4)12-20-15(17-5)19-11-14-10-18-13(2)21-14;/h10H,6-9,11-12H2,1-5H3,(H2,17,19,20);1H. The molecule has 0 aliphatic carbocycles. The van der Waals surface area contributed by atoms with E-state index < -0.39 is 0 Å². The first-order chi connectivity index (χ1) is 9.96. The predicted molar refractivity (Wildman–Crippen MR) is 108 cm³/mol. The molecule has 0 atom stereocenters. The smallest absolute Gasteiger partial charge is 0.191 e. The van der Waals surface area contributed by atoms with Gasteiger partial charge in [-0.2, -0.15) is 0 Å². The van der Waals surface area contributed by atoms with E-state index in [1.807, 2.05) is 20.2 Å². The maximum atomic E-state index is 4.29. The summed E-state index contributed by atoms with van der Waals surface area (Å²) in [5.41, 5.74) is 0.299. The summed E-state index contributed by atoms with van der Waals surface area (Å²) in [6.07, 6.45) is 7.08. The molecule has 0 aliphatic heterocycles. The number of hydrogen-bond acceptors (Lipinski definition) is 3. The van der Waals surface area contributed by atoms with Crippen molar-refractivity contribution in [2.75, 3.05) is 13.6 Å². The molecule has 1 aromatic heterocycles. The molecule has 2 N–H and O–H groups in total. The molecule has 0 radical (unpaired) electrons. The molecule has 0 fully saturated rings. The Labute approximate surface area is 156 Å². The minimum absolute atomic E-state index is 0. The lowest BCUT2D eigenvalue weighted by molar-refractivity contribution is 0.318. The summed E-state index contributed by atoms with van der Waals surface area (Å²) in [4.78, 5) is 9.79. The lowest BCUT2D eigenvalue weighted by Crippen LogP contribution is -2.41. The van der Waals surface area contributed by atoms with Gasteiger partial charge in [-0.15, -0.1) is 35.3 Å². The van der Waals surface area contributed by atoms with Gasteiger partial charge < -0.3 is 10.6 Å². The molecule has 1 rings (SSSR count). The van der Waals surface area contributed by atoms with Gasteiger partial charge in [-0.05, 0) is 18.8 Å². The molecule has 22 heavy (non-hydrogen) atoms. The summed E-state index contributed by atoms with van der Waals surface area (Å²) in [5.74, 6) is 0.865. The number of hydrogen-bond donors (Lipinski definition) is 2. The highest BCUT2D eigenvalue weighted by molar-refractivity contribution is 14.0. The fraction of sp³-hybridized carbons (Fsp3) is 0.750. The first-order valence-corrected chi connectivity index (χ1v) is 8.64. The largest absolute Gasteiger partial charge is 0.356 e. The number of aromatic nitrogens is 1. The Kier molecular flexibility index (Phi) is 11.0. The maximum absolute atomic E-state index is 4.29. The van der Waals surface area contributed by atoms with Gasteiger partial charge in [0.25, 0.3) is 0 Å². The Hall–Kier alpha value is -0.370. The second-order valence-electron chi connectivity index (χ2n) is 6.25. The summed E-state index contributed by atoms with van der Waals surface area (Å²) < 4.78 is 0. The Balaban J connectivity index is 0.00000441. The summed E-state index contributed by atoms with van der Waals surface area (Å²) in [6, 6.07) is 0. The van der Waals surface area contributed by atoms with Gasteiger partial charge in [-0.3, -0.25) is 4.99 Å².